The fourth-order valence-corrected chi connectivity index (χ4v) is 2.51. The van der Waals surface area contributed by atoms with Crippen LogP contribution in [0, 0.1) is 18.7 Å². The monoisotopic (exact) mass is 337 g/mol. The molecule has 5 heteroatoms. The largest absolute Gasteiger partial charge is 0.326 e. The lowest BCUT2D eigenvalue weighted by Gasteiger charge is -2.20. The lowest BCUT2D eigenvalue weighted by atomic mass is 9.94. The Hall–Kier alpha value is -1.52. The van der Waals surface area contributed by atoms with E-state index in [4.69, 9.17) is 17.3 Å². The van der Waals surface area contributed by atoms with Gasteiger partial charge in [-0.3, -0.25) is 4.98 Å². The predicted molar refractivity (Wildman–Crippen MR) is 94.9 cm³/mol. The van der Waals surface area contributed by atoms with Crippen molar-refractivity contribution in [1.82, 2.24) is 9.97 Å². The summed E-state index contributed by atoms with van der Waals surface area (Å²) >= 11 is 5.70. The van der Waals surface area contributed by atoms with E-state index in [1.54, 1.807) is 6.07 Å². The maximum atomic E-state index is 13.4. The Labute approximate surface area is 143 Å². The van der Waals surface area contributed by atoms with E-state index in [9.17, 15) is 4.39 Å². The summed E-state index contributed by atoms with van der Waals surface area (Å²) in [5.41, 5.74) is 7.53. The second kappa shape index (κ2) is 8.37. The Kier molecular flexibility index (Phi) is 7.10. The fraction of sp³-hybridized carbons (Fsp3) is 0.444. The molecule has 2 rings (SSSR count). The van der Waals surface area contributed by atoms with Crippen molar-refractivity contribution in [3.8, 4) is 11.3 Å². The van der Waals surface area contributed by atoms with E-state index in [2.05, 4.69) is 37.7 Å². The molecule has 0 aromatic carbocycles. The van der Waals surface area contributed by atoms with Gasteiger partial charge in [0.25, 0.3) is 0 Å². The molecular formula is C18H25ClFN3. The smallest absolute Gasteiger partial charge is 0.150 e. The third-order valence-electron chi connectivity index (χ3n) is 2.92. The molecule has 2 aromatic heterocycles. The third kappa shape index (κ3) is 7.53. The first kappa shape index (κ1) is 19.5. The van der Waals surface area contributed by atoms with Crippen molar-refractivity contribution in [1.29, 1.82) is 0 Å². The molecule has 126 valence electrons. The number of pyridine rings is 2. The van der Waals surface area contributed by atoms with Crippen LogP contribution in [0.15, 0.2) is 30.5 Å². The first-order valence-corrected chi connectivity index (χ1v) is 8.00. The van der Waals surface area contributed by atoms with Gasteiger partial charge in [-0.15, -0.1) is 0 Å². The number of halogens is 2. The maximum Gasteiger partial charge on any atom is 0.150 e. The number of hydrogen-bond acceptors (Lipinski definition) is 3. The molecule has 0 unspecified atom stereocenters. The van der Waals surface area contributed by atoms with Crippen LogP contribution in [0.2, 0.25) is 5.15 Å². The van der Waals surface area contributed by atoms with Crippen LogP contribution in [0.1, 0.15) is 39.8 Å². The summed E-state index contributed by atoms with van der Waals surface area (Å²) < 4.78 is 13.4. The van der Waals surface area contributed by atoms with E-state index >= 15 is 0 Å². The zero-order valence-electron chi connectivity index (χ0n) is 14.4. The molecule has 0 aliphatic heterocycles. The molecule has 23 heavy (non-hydrogen) atoms. The standard InChI is InChI=1S/C11H8ClFN2.C7H17N/c1-7-3-2-4-10(15-7)8-5-11(12)14-6-9(8)13;1-6(2)5-7(3,4)8/h2-6H,1H3;6H,5,8H2,1-4H3. The molecule has 2 heterocycles. The molecule has 0 aliphatic carbocycles. The van der Waals surface area contributed by atoms with Crippen LogP contribution in [0.4, 0.5) is 4.39 Å². The van der Waals surface area contributed by atoms with Crippen molar-refractivity contribution < 1.29 is 4.39 Å². The van der Waals surface area contributed by atoms with Crippen LogP contribution in [-0.4, -0.2) is 15.5 Å². The number of rotatable bonds is 3. The minimum Gasteiger partial charge on any atom is -0.326 e. The molecule has 2 N–H and O–H groups in total. The molecule has 3 nitrogen and oxygen atoms in total. The van der Waals surface area contributed by atoms with Gasteiger partial charge in [-0.05, 0) is 51.3 Å². The first-order chi connectivity index (χ1) is 10.6. The molecule has 0 atom stereocenters. The molecule has 0 amide bonds. The van der Waals surface area contributed by atoms with Gasteiger partial charge in [-0.2, -0.15) is 0 Å². The van der Waals surface area contributed by atoms with Crippen molar-refractivity contribution in [3.05, 3.63) is 47.1 Å². The van der Waals surface area contributed by atoms with Gasteiger partial charge in [0.1, 0.15) is 5.15 Å². The summed E-state index contributed by atoms with van der Waals surface area (Å²) in [7, 11) is 0. The molecule has 0 aliphatic rings. The van der Waals surface area contributed by atoms with Crippen molar-refractivity contribution >= 4 is 11.6 Å². The van der Waals surface area contributed by atoms with Crippen LogP contribution in [0.5, 0.6) is 0 Å². The highest BCUT2D eigenvalue weighted by Crippen LogP contribution is 2.22. The predicted octanol–water partition coefficient (Wildman–Crippen LogP) is 5.01. The number of hydrogen-bond donors (Lipinski definition) is 1. The van der Waals surface area contributed by atoms with E-state index in [0.717, 1.165) is 24.2 Å². The molecule has 0 saturated carbocycles. The average molecular weight is 338 g/mol. The number of nitrogens with two attached hydrogens (primary N) is 1. The Morgan fingerprint density at radius 2 is 1.96 bits per heavy atom. The molecule has 0 saturated heterocycles. The van der Waals surface area contributed by atoms with Crippen molar-refractivity contribution in [2.24, 2.45) is 11.7 Å². The summed E-state index contributed by atoms with van der Waals surface area (Å²) in [6.45, 7) is 10.4. The zero-order valence-corrected chi connectivity index (χ0v) is 15.2. The highest BCUT2D eigenvalue weighted by atomic mass is 35.5. The van der Waals surface area contributed by atoms with Crippen molar-refractivity contribution in [2.75, 3.05) is 0 Å². The highest BCUT2D eigenvalue weighted by Gasteiger charge is 2.11. The van der Waals surface area contributed by atoms with Gasteiger partial charge in [-0.25, -0.2) is 9.37 Å². The van der Waals surface area contributed by atoms with Crippen LogP contribution >= 0.6 is 11.6 Å². The Morgan fingerprint density at radius 1 is 1.30 bits per heavy atom. The van der Waals surface area contributed by atoms with Crippen molar-refractivity contribution in [2.45, 2.75) is 46.6 Å². The number of aromatic nitrogens is 2. The molecule has 2 aromatic rings. The normalized spacial score (nSPS) is 11.2. The summed E-state index contributed by atoms with van der Waals surface area (Å²) in [5, 5.41) is 0.259. The van der Waals surface area contributed by atoms with Gasteiger partial charge >= 0.3 is 0 Å². The average Bonchev–Trinajstić information content (AvgIpc) is 2.39. The SMILES string of the molecule is CC(C)CC(C)(C)N.Cc1cccc(-c2cc(Cl)ncc2F)n1. The molecule has 0 fully saturated rings. The number of nitrogens with zero attached hydrogens (tertiary/aromatic N) is 2. The Balaban J connectivity index is 0.000000284. The summed E-state index contributed by atoms with van der Waals surface area (Å²) in [6.07, 6.45) is 2.20. The van der Waals surface area contributed by atoms with Crippen LogP contribution in [-0.2, 0) is 0 Å². The quantitative estimate of drug-likeness (QED) is 0.800. The third-order valence-corrected chi connectivity index (χ3v) is 3.13. The zero-order chi connectivity index (χ0) is 17.6. The molecule has 0 bridgehead atoms. The molecule has 0 radical (unpaired) electrons. The fourth-order valence-electron chi connectivity index (χ4n) is 2.35. The van der Waals surface area contributed by atoms with Crippen LogP contribution < -0.4 is 5.73 Å². The Bertz CT molecular complexity index is 636. The topological polar surface area (TPSA) is 51.8 Å². The van der Waals surface area contributed by atoms with Gasteiger partial charge in [0.15, 0.2) is 5.82 Å². The van der Waals surface area contributed by atoms with Crippen molar-refractivity contribution in [3.63, 3.8) is 0 Å². The van der Waals surface area contributed by atoms with E-state index in [0.29, 0.717) is 11.3 Å². The number of aryl methyl sites for hydroxylation is 1. The maximum absolute atomic E-state index is 13.4. The highest BCUT2D eigenvalue weighted by molar-refractivity contribution is 6.29. The Morgan fingerprint density at radius 3 is 2.43 bits per heavy atom. The van der Waals surface area contributed by atoms with Gasteiger partial charge in [0.2, 0.25) is 0 Å². The summed E-state index contributed by atoms with van der Waals surface area (Å²) in [5.74, 6) is 0.299. The van der Waals surface area contributed by atoms with E-state index in [1.807, 2.05) is 19.1 Å². The second-order valence-corrected chi connectivity index (χ2v) is 7.12. The van der Waals surface area contributed by atoms with Gasteiger partial charge in [0, 0.05) is 16.8 Å². The van der Waals surface area contributed by atoms with Crippen LogP contribution in [0.3, 0.4) is 0 Å². The molecule has 0 spiro atoms. The molecular weight excluding hydrogens is 313 g/mol. The van der Waals surface area contributed by atoms with E-state index < -0.39 is 5.82 Å². The minimum absolute atomic E-state index is 0.0220. The summed E-state index contributed by atoms with van der Waals surface area (Å²) in [4.78, 5) is 7.87. The van der Waals surface area contributed by atoms with Crippen LogP contribution in [0.25, 0.3) is 11.3 Å². The lowest BCUT2D eigenvalue weighted by molar-refractivity contribution is 0.400. The van der Waals surface area contributed by atoms with Gasteiger partial charge < -0.3 is 5.73 Å². The minimum atomic E-state index is -0.419. The first-order valence-electron chi connectivity index (χ1n) is 7.62. The lowest BCUT2D eigenvalue weighted by Crippen LogP contribution is -2.33. The van der Waals surface area contributed by atoms with Gasteiger partial charge in [-0.1, -0.05) is 31.5 Å². The van der Waals surface area contributed by atoms with E-state index in [-0.39, 0.29) is 10.7 Å². The summed E-state index contributed by atoms with van der Waals surface area (Å²) in [6, 6.07) is 6.88. The van der Waals surface area contributed by atoms with E-state index in [1.165, 1.54) is 6.07 Å². The second-order valence-electron chi connectivity index (χ2n) is 6.74. The van der Waals surface area contributed by atoms with Gasteiger partial charge in [0.05, 0.1) is 11.9 Å².